The minimum absolute atomic E-state index is 0.0681. The van der Waals surface area contributed by atoms with E-state index in [0.717, 1.165) is 18.2 Å². The van der Waals surface area contributed by atoms with E-state index in [2.05, 4.69) is 20.9 Å². The summed E-state index contributed by atoms with van der Waals surface area (Å²) in [6.45, 7) is 0. The topological polar surface area (TPSA) is 315 Å². The molecule has 20 nitrogen and oxygen atoms in total. The average molecular weight is 715 g/mol. The number of nitrogens with one attached hydrogen (secondary N) is 2. The fourth-order valence-electron chi connectivity index (χ4n) is 4.05. The first-order valence-electron chi connectivity index (χ1n) is 11.9. The van der Waals surface area contributed by atoms with Crippen LogP contribution < -0.4 is 10.6 Å². The van der Waals surface area contributed by atoms with Crippen molar-refractivity contribution >= 4 is 87.3 Å². The Kier molecular flexibility index (Phi) is 9.02. The molecule has 1 amide bonds. The second kappa shape index (κ2) is 12.3. The summed E-state index contributed by atoms with van der Waals surface area (Å²) in [4.78, 5) is 28.3. The minimum atomic E-state index is -5.22. The maximum absolute atomic E-state index is 14.2. The third kappa shape index (κ3) is 7.48. The molecule has 4 aromatic carbocycles. The van der Waals surface area contributed by atoms with Crippen LogP contribution in [0.15, 0.2) is 79.5 Å². The highest BCUT2D eigenvalue weighted by atomic mass is 32.2. The number of hydrogen-bond acceptors (Lipinski definition) is 14. The molecule has 0 aliphatic heterocycles. The SMILES string of the molecule is O=CNc1cc(Nc2cc(F)c([N+](=O)[O-])cc2[N+](=O)[O-])ccc1N=Nc1cc2c(S(=O)(=O)O)cc(S(=O)(=O)O)cc2cc1S(=O)(=O)O. The molecule has 24 heteroatoms. The number of nitro groups is 2. The molecule has 0 aliphatic carbocycles. The van der Waals surface area contributed by atoms with E-state index in [4.69, 9.17) is 0 Å². The Hall–Kier alpha value is -5.53. The fraction of sp³-hybridized carbons (Fsp3) is 0. The van der Waals surface area contributed by atoms with E-state index in [-0.39, 0.29) is 23.5 Å². The lowest BCUT2D eigenvalue weighted by molar-refractivity contribution is -0.395. The van der Waals surface area contributed by atoms with Crippen LogP contribution in [0.5, 0.6) is 0 Å². The first-order valence-corrected chi connectivity index (χ1v) is 16.2. The molecule has 0 unspecified atom stereocenters. The maximum Gasteiger partial charge on any atom is 0.311 e. The molecule has 0 saturated carbocycles. The zero-order valence-corrected chi connectivity index (χ0v) is 24.9. The van der Waals surface area contributed by atoms with Crippen LogP contribution in [0.3, 0.4) is 0 Å². The van der Waals surface area contributed by atoms with Crippen LogP contribution in [0, 0.1) is 26.0 Å². The molecule has 0 heterocycles. The number of carbonyl (C=O) groups is 1. The van der Waals surface area contributed by atoms with E-state index < -0.39 is 94.2 Å². The van der Waals surface area contributed by atoms with E-state index in [1.54, 1.807) is 0 Å². The Labute approximate surface area is 261 Å². The number of anilines is 3. The van der Waals surface area contributed by atoms with E-state index in [1.165, 1.54) is 0 Å². The summed E-state index contributed by atoms with van der Waals surface area (Å²) < 4.78 is 115. The summed E-state index contributed by atoms with van der Waals surface area (Å²) in [7, 11) is -15.5. The standard InChI is InChI=1S/C23H15FN6O14S3/c24-15-8-18(21(30(34)35)9-20(15)29(32)33)26-12-1-2-16(17(5-12)25-10-31)27-28-19-7-14-11(4-23(19)47(42,43)44)3-13(45(36,37)38)6-22(14)46(39,40)41/h1-10,26H,(H,25,31)(H,36,37,38)(H,39,40,41)(H,42,43,44). The predicted octanol–water partition coefficient (Wildman–Crippen LogP) is 4.26. The van der Waals surface area contributed by atoms with Crippen LogP contribution >= 0.6 is 0 Å². The average Bonchev–Trinajstić information content (AvgIpc) is 2.94. The zero-order chi connectivity index (χ0) is 35.1. The molecule has 4 aromatic rings. The van der Waals surface area contributed by atoms with Gasteiger partial charge in [-0.3, -0.25) is 38.7 Å². The number of amides is 1. The van der Waals surface area contributed by atoms with Gasteiger partial charge >= 0.3 is 5.69 Å². The molecule has 246 valence electrons. The lowest BCUT2D eigenvalue weighted by Crippen LogP contribution is -2.05. The molecular formula is C23H15FN6O14S3. The Morgan fingerprint density at radius 3 is 1.89 bits per heavy atom. The van der Waals surface area contributed by atoms with Crippen molar-refractivity contribution in [2.24, 2.45) is 10.2 Å². The van der Waals surface area contributed by atoms with Crippen molar-refractivity contribution in [3.63, 3.8) is 0 Å². The number of halogens is 1. The minimum Gasteiger partial charge on any atom is -0.350 e. The monoisotopic (exact) mass is 714 g/mol. The van der Waals surface area contributed by atoms with E-state index >= 15 is 0 Å². The second-order valence-electron chi connectivity index (χ2n) is 9.04. The third-order valence-electron chi connectivity index (χ3n) is 6.04. The highest BCUT2D eigenvalue weighted by Gasteiger charge is 2.26. The number of azo groups is 1. The highest BCUT2D eigenvalue weighted by Crippen LogP contribution is 2.39. The molecule has 0 radical (unpaired) electrons. The summed E-state index contributed by atoms with van der Waals surface area (Å²) in [5.74, 6) is -1.41. The molecule has 0 fully saturated rings. The third-order valence-corrected chi connectivity index (χ3v) is 8.64. The van der Waals surface area contributed by atoms with Gasteiger partial charge in [-0.25, -0.2) is 0 Å². The molecule has 0 aliphatic rings. The Bertz CT molecular complexity index is 2380. The number of hydrogen-bond donors (Lipinski definition) is 5. The van der Waals surface area contributed by atoms with Crippen LogP contribution in [-0.4, -0.2) is 55.2 Å². The molecule has 0 atom stereocenters. The lowest BCUT2D eigenvalue weighted by atomic mass is 10.1. The highest BCUT2D eigenvalue weighted by molar-refractivity contribution is 7.87. The van der Waals surface area contributed by atoms with Gasteiger partial charge in [0.25, 0.3) is 36.0 Å². The summed E-state index contributed by atoms with van der Waals surface area (Å²) in [5.41, 5.74) is -3.88. The van der Waals surface area contributed by atoms with Crippen molar-refractivity contribution in [2.75, 3.05) is 10.6 Å². The summed E-state index contributed by atoms with van der Waals surface area (Å²) in [5, 5.41) is 33.5. The van der Waals surface area contributed by atoms with Gasteiger partial charge in [0.15, 0.2) is 0 Å². The van der Waals surface area contributed by atoms with E-state index in [1.807, 2.05) is 0 Å². The number of carbonyl (C=O) groups excluding carboxylic acids is 1. The number of fused-ring (bicyclic) bond motifs is 1. The molecule has 5 N–H and O–H groups in total. The van der Waals surface area contributed by atoms with Crippen molar-refractivity contribution in [3.05, 3.63) is 80.6 Å². The number of rotatable bonds is 11. The van der Waals surface area contributed by atoms with Gasteiger partial charge in [-0.1, -0.05) is 0 Å². The van der Waals surface area contributed by atoms with Crippen molar-refractivity contribution in [3.8, 4) is 0 Å². The van der Waals surface area contributed by atoms with Crippen LogP contribution in [0.25, 0.3) is 10.8 Å². The van der Waals surface area contributed by atoms with Crippen molar-refractivity contribution < 1.29 is 57.9 Å². The smallest absolute Gasteiger partial charge is 0.311 e. The molecule has 4 rings (SSSR count). The predicted molar refractivity (Wildman–Crippen MR) is 157 cm³/mol. The van der Waals surface area contributed by atoms with E-state index in [0.29, 0.717) is 36.4 Å². The first-order chi connectivity index (χ1) is 21.7. The fourth-order valence-corrected chi connectivity index (χ4v) is 6.04. The number of nitro benzene ring substituents is 2. The molecular weight excluding hydrogens is 699 g/mol. The van der Waals surface area contributed by atoms with Crippen molar-refractivity contribution in [1.82, 2.24) is 0 Å². The van der Waals surface area contributed by atoms with Gasteiger partial charge in [0.05, 0.1) is 26.5 Å². The maximum atomic E-state index is 14.2. The van der Waals surface area contributed by atoms with Crippen LogP contribution in [-0.2, 0) is 35.1 Å². The Balaban J connectivity index is 1.86. The molecule has 0 bridgehead atoms. The van der Waals surface area contributed by atoms with Gasteiger partial charge in [0, 0.05) is 17.1 Å². The van der Waals surface area contributed by atoms with Crippen LogP contribution in [0.1, 0.15) is 0 Å². The molecule has 0 aromatic heterocycles. The molecule has 0 saturated heterocycles. The Morgan fingerprint density at radius 2 is 1.34 bits per heavy atom. The molecule has 0 spiro atoms. The van der Waals surface area contributed by atoms with Gasteiger partial charge < -0.3 is 10.6 Å². The van der Waals surface area contributed by atoms with Gasteiger partial charge in [0.1, 0.15) is 26.9 Å². The number of benzene rings is 4. The summed E-state index contributed by atoms with van der Waals surface area (Å²) in [6.07, 6.45) is 0.150. The van der Waals surface area contributed by atoms with Crippen LogP contribution in [0.4, 0.5) is 44.2 Å². The van der Waals surface area contributed by atoms with E-state index in [9.17, 15) is 68.3 Å². The van der Waals surface area contributed by atoms with Gasteiger partial charge in [-0.15, -0.1) is 10.2 Å². The Morgan fingerprint density at radius 1 is 0.723 bits per heavy atom. The normalized spacial score (nSPS) is 12.3. The summed E-state index contributed by atoms with van der Waals surface area (Å²) >= 11 is 0. The number of nitrogens with zero attached hydrogens (tertiary/aromatic N) is 4. The quantitative estimate of drug-likeness (QED) is 0.0476. The summed E-state index contributed by atoms with van der Waals surface area (Å²) in [6, 6.07) is 6.52. The van der Waals surface area contributed by atoms with Gasteiger partial charge in [-0.05, 0) is 47.9 Å². The van der Waals surface area contributed by atoms with Crippen molar-refractivity contribution in [1.29, 1.82) is 0 Å². The largest absolute Gasteiger partial charge is 0.350 e. The molecule has 47 heavy (non-hydrogen) atoms. The van der Waals surface area contributed by atoms with Crippen molar-refractivity contribution in [2.45, 2.75) is 14.7 Å². The zero-order valence-electron chi connectivity index (χ0n) is 22.5. The first kappa shape index (κ1) is 34.3. The van der Waals surface area contributed by atoms with Crippen LogP contribution in [0.2, 0.25) is 0 Å². The van der Waals surface area contributed by atoms with Gasteiger partial charge in [0.2, 0.25) is 12.2 Å². The second-order valence-corrected chi connectivity index (χ2v) is 13.2. The lowest BCUT2D eigenvalue weighted by Gasteiger charge is -2.11. The van der Waals surface area contributed by atoms with Gasteiger partial charge in [-0.2, -0.15) is 29.6 Å².